The van der Waals surface area contributed by atoms with Gasteiger partial charge in [0.1, 0.15) is 5.82 Å². The van der Waals surface area contributed by atoms with Gasteiger partial charge < -0.3 is 9.64 Å². The van der Waals surface area contributed by atoms with Crippen molar-refractivity contribution in [2.45, 2.75) is 32.9 Å². The van der Waals surface area contributed by atoms with Crippen LogP contribution in [0.15, 0.2) is 41.6 Å². The van der Waals surface area contributed by atoms with E-state index < -0.39 is 5.95 Å². The summed E-state index contributed by atoms with van der Waals surface area (Å²) in [6.07, 6.45) is 5.88. The van der Waals surface area contributed by atoms with Crippen LogP contribution in [0, 0.1) is 12.9 Å². The van der Waals surface area contributed by atoms with Crippen LogP contribution in [0.1, 0.15) is 29.8 Å². The number of hydrogen-bond donors (Lipinski definition) is 0. The third-order valence-electron chi connectivity index (χ3n) is 5.92. The van der Waals surface area contributed by atoms with E-state index in [1.807, 2.05) is 13.8 Å². The Morgan fingerprint density at radius 3 is 2.79 bits per heavy atom. The molecule has 0 spiro atoms. The van der Waals surface area contributed by atoms with Gasteiger partial charge in [0.05, 0.1) is 12.6 Å². The number of halogens is 1. The molecule has 4 aromatic heterocycles. The predicted octanol–water partition coefficient (Wildman–Crippen LogP) is 2.57. The summed E-state index contributed by atoms with van der Waals surface area (Å²) in [7, 11) is 1.60. The molecule has 9 nitrogen and oxygen atoms in total. The highest BCUT2D eigenvalue weighted by atomic mass is 19.1. The molecule has 10 heteroatoms. The number of methoxy groups -OCH3 is 1. The second kappa shape index (κ2) is 8.36. The monoisotopic (exact) mass is 449 g/mol. The Labute approximate surface area is 189 Å². The quantitative estimate of drug-likeness (QED) is 0.433. The first-order valence-corrected chi connectivity index (χ1v) is 10.8. The molecule has 1 unspecified atom stereocenters. The number of anilines is 1. The summed E-state index contributed by atoms with van der Waals surface area (Å²) in [5.41, 5.74) is 4.48. The van der Waals surface area contributed by atoms with E-state index in [0.29, 0.717) is 18.9 Å². The lowest BCUT2D eigenvalue weighted by atomic mass is 10.0. The highest BCUT2D eigenvalue weighted by Gasteiger charge is 2.23. The number of aromatic nitrogens is 6. The summed E-state index contributed by atoms with van der Waals surface area (Å²) in [6, 6.07) is 4.92. The second-order valence-corrected chi connectivity index (χ2v) is 8.32. The minimum atomic E-state index is -0.508. The van der Waals surface area contributed by atoms with Gasteiger partial charge in [0, 0.05) is 67.6 Å². The average molecular weight is 449 g/mol. The summed E-state index contributed by atoms with van der Waals surface area (Å²) >= 11 is 0. The van der Waals surface area contributed by atoms with Crippen LogP contribution in [-0.2, 0) is 17.7 Å². The summed E-state index contributed by atoms with van der Waals surface area (Å²) in [5, 5.41) is 4.43. The van der Waals surface area contributed by atoms with E-state index in [9.17, 15) is 9.18 Å². The zero-order valence-electron chi connectivity index (χ0n) is 18.7. The minimum absolute atomic E-state index is 0.194. The Morgan fingerprint density at radius 1 is 1.21 bits per heavy atom. The molecule has 0 aromatic carbocycles. The van der Waals surface area contributed by atoms with Gasteiger partial charge in [0.15, 0.2) is 0 Å². The molecule has 1 aliphatic heterocycles. The lowest BCUT2D eigenvalue weighted by Crippen LogP contribution is -2.32. The Hall–Kier alpha value is -3.66. The molecule has 0 radical (unpaired) electrons. The predicted molar refractivity (Wildman–Crippen MR) is 121 cm³/mol. The standard InChI is InChI=1S/C23H24FN7O2/c1-14-11-30-22(28-31(23(30)32)15(2)13-33-3)27-21(14)29-7-6-19-18(12-29)8-17(10-25-19)16-4-5-20(24)26-9-16/h4-5,8-11,15H,6-7,12-13H2,1-3H3. The Balaban J connectivity index is 1.48. The van der Waals surface area contributed by atoms with Crippen LogP contribution in [0.25, 0.3) is 16.9 Å². The van der Waals surface area contributed by atoms with Crippen molar-refractivity contribution in [1.29, 1.82) is 0 Å². The number of fused-ring (bicyclic) bond motifs is 2. The van der Waals surface area contributed by atoms with E-state index in [-0.39, 0.29) is 11.7 Å². The SMILES string of the molecule is COCC(C)n1nc2nc(N3CCc4ncc(-c5ccc(F)nc5)cc4C3)c(C)cn2c1=O. The first kappa shape index (κ1) is 21.2. The van der Waals surface area contributed by atoms with Gasteiger partial charge in [-0.25, -0.2) is 18.9 Å². The third kappa shape index (κ3) is 3.86. The van der Waals surface area contributed by atoms with Crippen molar-refractivity contribution in [1.82, 2.24) is 29.1 Å². The van der Waals surface area contributed by atoms with E-state index >= 15 is 0 Å². The maximum atomic E-state index is 13.2. The second-order valence-electron chi connectivity index (χ2n) is 8.32. The molecule has 0 saturated heterocycles. The van der Waals surface area contributed by atoms with Gasteiger partial charge in [-0.15, -0.1) is 5.10 Å². The number of ether oxygens (including phenoxy) is 1. The lowest BCUT2D eigenvalue weighted by molar-refractivity contribution is 0.155. The molecule has 0 bridgehead atoms. The van der Waals surface area contributed by atoms with Crippen molar-refractivity contribution in [2.75, 3.05) is 25.2 Å². The number of nitrogens with zero attached hydrogens (tertiary/aromatic N) is 7. The Bertz CT molecular complexity index is 1380. The summed E-state index contributed by atoms with van der Waals surface area (Å²) in [5.74, 6) is 0.642. The fourth-order valence-corrected chi connectivity index (χ4v) is 4.24. The number of rotatable bonds is 5. The summed E-state index contributed by atoms with van der Waals surface area (Å²) < 4.78 is 21.3. The highest BCUT2D eigenvalue weighted by molar-refractivity contribution is 5.63. The van der Waals surface area contributed by atoms with Crippen LogP contribution in [0.2, 0.25) is 0 Å². The zero-order chi connectivity index (χ0) is 23.1. The van der Waals surface area contributed by atoms with Crippen molar-refractivity contribution < 1.29 is 9.13 Å². The maximum absolute atomic E-state index is 13.2. The molecule has 0 N–H and O–H groups in total. The van der Waals surface area contributed by atoms with Gasteiger partial charge in [0.25, 0.3) is 5.78 Å². The van der Waals surface area contributed by atoms with Crippen LogP contribution in [-0.4, -0.2) is 49.4 Å². The number of aryl methyl sites for hydroxylation is 1. The first-order valence-electron chi connectivity index (χ1n) is 10.8. The molecule has 0 fully saturated rings. The fourth-order valence-electron chi connectivity index (χ4n) is 4.24. The van der Waals surface area contributed by atoms with Crippen molar-refractivity contribution in [3.63, 3.8) is 0 Å². The minimum Gasteiger partial charge on any atom is -0.382 e. The van der Waals surface area contributed by atoms with Gasteiger partial charge >= 0.3 is 5.69 Å². The molecular weight excluding hydrogens is 425 g/mol. The maximum Gasteiger partial charge on any atom is 0.351 e. The molecule has 0 aliphatic carbocycles. The van der Waals surface area contributed by atoms with Crippen LogP contribution >= 0.6 is 0 Å². The van der Waals surface area contributed by atoms with E-state index in [1.165, 1.54) is 21.3 Å². The van der Waals surface area contributed by atoms with Crippen LogP contribution < -0.4 is 10.6 Å². The van der Waals surface area contributed by atoms with Crippen molar-refractivity contribution in [3.05, 3.63) is 70.0 Å². The van der Waals surface area contributed by atoms with Crippen molar-refractivity contribution in [3.8, 4) is 11.1 Å². The molecule has 0 amide bonds. The van der Waals surface area contributed by atoms with Crippen molar-refractivity contribution >= 4 is 11.6 Å². The van der Waals surface area contributed by atoms with Crippen LogP contribution in [0.5, 0.6) is 0 Å². The number of pyridine rings is 2. The van der Waals surface area contributed by atoms with E-state index in [4.69, 9.17) is 9.72 Å². The summed E-state index contributed by atoms with van der Waals surface area (Å²) in [4.78, 5) is 28.0. The normalized spacial score (nSPS) is 14.5. The molecule has 33 heavy (non-hydrogen) atoms. The van der Waals surface area contributed by atoms with Gasteiger partial charge in [0.2, 0.25) is 5.95 Å². The van der Waals surface area contributed by atoms with E-state index in [0.717, 1.165) is 46.7 Å². The smallest absolute Gasteiger partial charge is 0.351 e. The molecule has 4 aromatic rings. The van der Waals surface area contributed by atoms with Gasteiger partial charge in [-0.3, -0.25) is 4.98 Å². The average Bonchev–Trinajstić information content (AvgIpc) is 3.14. The molecule has 1 atom stereocenters. The highest BCUT2D eigenvalue weighted by Crippen LogP contribution is 2.28. The van der Waals surface area contributed by atoms with Gasteiger partial charge in [-0.05, 0) is 37.6 Å². The Morgan fingerprint density at radius 2 is 2.03 bits per heavy atom. The topological polar surface area (TPSA) is 90.4 Å². The number of hydrogen-bond acceptors (Lipinski definition) is 7. The lowest BCUT2D eigenvalue weighted by Gasteiger charge is -2.30. The van der Waals surface area contributed by atoms with Crippen LogP contribution in [0.4, 0.5) is 10.2 Å². The molecule has 0 saturated carbocycles. The van der Waals surface area contributed by atoms with Gasteiger partial charge in [-0.2, -0.15) is 9.37 Å². The van der Waals surface area contributed by atoms with E-state index in [1.54, 1.807) is 25.6 Å². The summed E-state index contributed by atoms with van der Waals surface area (Å²) in [6.45, 7) is 5.59. The van der Waals surface area contributed by atoms with Gasteiger partial charge in [-0.1, -0.05) is 0 Å². The Kier molecular flexibility index (Phi) is 5.37. The van der Waals surface area contributed by atoms with E-state index in [2.05, 4.69) is 26.0 Å². The van der Waals surface area contributed by atoms with Crippen LogP contribution in [0.3, 0.4) is 0 Å². The fraction of sp³-hybridized carbons (Fsp3) is 0.348. The zero-order valence-corrected chi connectivity index (χ0v) is 18.7. The molecular formula is C23H24FN7O2. The first-order chi connectivity index (χ1) is 15.9. The largest absolute Gasteiger partial charge is 0.382 e. The molecule has 1 aliphatic rings. The molecule has 5 rings (SSSR count). The third-order valence-corrected chi connectivity index (χ3v) is 5.92. The molecule has 170 valence electrons. The van der Waals surface area contributed by atoms with Crippen molar-refractivity contribution in [2.24, 2.45) is 0 Å². The molecule has 5 heterocycles.